The quantitative estimate of drug-likeness (QED) is 0.776. The van der Waals surface area contributed by atoms with Crippen LogP contribution in [0.15, 0.2) is 24.3 Å². The first-order valence-corrected chi connectivity index (χ1v) is 6.58. The lowest BCUT2D eigenvalue weighted by atomic mass is 9.80. The van der Waals surface area contributed by atoms with Gasteiger partial charge in [-0.25, -0.2) is 4.39 Å². The average molecular weight is 261 g/mol. The number of halogens is 1. The molecule has 1 unspecified atom stereocenters. The van der Waals surface area contributed by atoms with E-state index in [4.69, 9.17) is 0 Å². The Labute approximate surface area is 113 Å². The van der Waals surface area contributed by atoms with Gasteiger partial charge in [-0.15, -0.1) is 0 Å². The Morgan fingerprint density at radius 3 is 2.63 bits per heavy atom. The smallest absolute Gasteiger partial charge is 0.150 e. The molecule has 0 saturated heterocycles. The van der Waals surface area contributed by atoms with Gasteiger partial charge in [-0.1, -0.05) is 18.2 Å². The first kappa shape index (κ1) is 13.9. The molecule has 0 radical (unpaired) electrons. The van der Waals surface area contributed by atoms with E-state index in [2.05, 4.69) is 32.0 Å². The van der Waals surface area contributed by atoms with Crippen LogP contribution in [0.2, 0.25) is 0 Å². The molecule has 0 aliphatic heterocycles. The summed E-state index contributed by atoms with van der Waals surface area (Å²) in [6.07, 6.45) is 5.46. The summed E-state index contributed by atoms with van der Waals surface area (Å²) >= 11 is 0. The van der Waals surface area contributed by atoms with E-state index in [0.29, 0.717) is 11.1 Å². The monoisotopic (exact) mass is 261 g/mol. The SMILES string of the molecule is CN(C)C1(C)CC=C(c2c(F)cccc2C=O)CC1. The summed E-state index contributed by atoms with van der Waals surface area (Å²) in [5.41, 5.74) is 2.01. The van der Waals surface area contributed by atoms with E-state index in [0.717, 1.165) is 31.1 Å². The molecule has 1 aliphatic carbocycles. The highest BCUT2D eigenvalue weighted by molar-refractivity contribution is 5.86. The summed E-state index contributed by atoms with van der Waals surface area (Å²) in [5, 5.41) is 0. The zero-order chi connectivity index (χ0) is 14.0. The van der Waals surface area contributed by atoms with Crippen molar-refractivity contribution in [2.75, 3.05) is 14.1 Å². The molecular weight excluding hydrogens is 241 g/mol. The van der Waals surface area contributed by atoms with Gasteiger partial charge < -0.3 is 4.90 Å². The third-order valence-corrected chi connectivity index (χ3v) is 4.29. The van der Waals surface area contributed by atoms with E-state index in [9.17, 15) is 9.18 Å². The van der Waals surface area contributed by atoms with Gasteiger partial charge in [0.25, 0.3) is 0 Å². The second-order valence-corrected chi connectivity index (χ2v) is 5.65. The zero-order valence-electron chi connectivity index (χ0n) is 11.7. The number of rotatable bonds is 3. The van der Waals surface area contributed by atoms with Gasteiger partial charge in [0, 0.05) is 16.7 Å². The maximum Gasteiger partial charge on any atom is 0.150 e. The van der Waals surface area contributed by atoms with Crippen molar-refractivity contribution in [2.24, 2.45) is 0 Å². The van der Waals surface area contributed by atoms with E-state index in [1.807, 2.05) is 0 Å². The molecule has 3 heteroatoms. The van der Waals surface area contributed by atoms with Crippen molar-refractivity contribution < 1.29 is 9.18 Å². The van der Waals surface area contributed by atoms with Crippen LogP contribution in [0.1, 0.15) is 42.1 Å². The standard InChI is InChI=1S/C16H20FNO/c1-16(18(2)3)9-7-12(8-10-16)15-13(11-19)5-4-6-14(15)17/h4-7,11H,8-10H2,1-3H3. The highest BCUT2D eigenvalue weighted by atomic mass is 19.1. The van der Waals surface area contributed by atoms with E-state index in [1.165, 1.54) is 6.07 Å². The molecule has 1 aromatic carbocycles. The Morgan fingerprint density at radius 2 is 2.11 bits per heavy atom. The number of benzene rings is 1. The normalized spacial score (nSPS) is 23.3. The molecule has 1 aromatic rings. The molecule has 0 heterocycles. The largest absolute Gasteiger partial charge is 0.304 e. The molecule has 102 valence electrons. The van der Waals surface area contributed by atoms with Crippen LogP contribution >= 0.6 is 0 Å². The van der Waals surface area contributed by atoms with Gasteiger partial charge >= 0.3 is 0 Å². The third-order valence-electron chi connectivity index (χ3n) is 4.29. The molecule has 2 nitrogen and oxygen atoms in total. The Hall–Kier alpha value is -1.48. The Bertz CT molecular complexity index is 521. The van der Waals surface area contributed by atoms with Crippen LogP contribution in [0, 0.1) is 5.82 Å². The van der Waals surface area contributed by atoms with E-state index in [-0.39, 0.29) is 11.4 Å². The molecule has 0 bridgehead atoms. The molecule has 0 N–H and O–H groups in total. The predicted molar refractivity (Wildman–Crippen MR) is 75.7 cm³/mol. The number of nitrogens with zero attached hydrogens (tertiary/aromatic N) is 1. The minimum Gasteiger partial charge on any atom is -0.304 e. The number of hydrogen-bond acceptors (Lipinski definition) is 2. The van der Waals surface area contributed by atoms with E-state index in [1.54, 1.807) is 12.1 Å². The highest BCUT2D eigenvalue weighted by Crippen LogP contribution is 2.36. The van der Waals surface area contributed by atoms with Crippen molar-refractivity contribution >= 4 is 11.9 Å². The molecule has 1 atom stereocenters. The Kier molecular flexibility index (Phi) is 3.85. The first-order valence-electron chi connectivity index (χ1n) is 6.58. The maximum absolute atomic E-state index is 14.0. The van der Waals surface area contributed by atoms with Crippen molar-refractivity contribution in [3.8, 4) is 0 Å². The fourth-order valence-corrected chi connectivity index (χ4v) is 2.56. The van der Waals surface area contributed by atoms with Gasteiger partial charge in [0.15, 0.2) is 6.29 Å². The summed E-state index contributed by atoms with van der Waals surface area (Å²) in [5.74, 6) is -0.302. The van der Waals surface area contributed by atoms with Crippen molar-refractivity contribution in [1.29, 1.82) is 0 Å². The second kappa shape index (κ2) is 5.25. The van der Waals surface area contributed by atoms with Gasteiger partial charge in [0.05, 0.1) is 0 Å². The minimum atomic E-state index is -0.302. The summed E-state index contributed by atoms with van der Waals surface area (Å²) < 4.78 is 14.0. The van der Waals surface area contributed by atoms with Gasteiger partial charge in [-0.05, 0) is 51.9 Å². The van der Waals surface area contributed by atoms with Gasteiger partial charge in [0.2, 0.25) is 0 Å². The topological polar surface area (TPSA) is 20.3 Å². The molecule has 0 saturated carbocycles. The lowest BCUT2D eigenvalue weighted by Crippen LogP contribution is -2.42. The summed E-state index contributed by atoms with van der Waals surface area (Å²) in [4.78, 5) is 13.3. The van der Waals surface area contributed by atoms with Crippen LogP contribution in [0.25, 0.3) is 5.57 Å². The molecular formula is C16H20FNO. The fourth-order valence-electron chi connectivity index (χ4n) is 2.56. The van der Waals surface area contributed by atoms with Crippen LogP contribution < -0.4 is 0 Å². The Balaban J connectivity index is 2.36. The highest BCUT2D eigenvalue weighted by Gasteiger charge is 2.30. The van der Waals surface area contributed by atoms with Crippen molar-refractivity contribution in [2.45, 2.75) is 31.7 Å². The maximum atomic E-state index is 14.0. The lowest BCUT2D eigenvalue weighted by molar-refractivity contribution is 0.112. The number of carbonyl (C=O) groups excluding carboxylic acids is 1. The molecule has 0 spiro atoms. The van der Waals surface area contributed by atoms with Crippen LogP contribution in [-0.2, 0) is 0 Å². The van der Waals surface area contributed by atoms with Gasteiger partial charge in [0.1, 0.15) is 5.82 Å². The van der Waals surface area contributed by atoms with Gasteiger partial charge in [-0.3, -0.25) is 4.79 Å². The van der Waals surface area contributed by atoms with Crippen LogP contribution in [0.4, 0.5) is 4.39 Å². The first-order chi connectivity index (χ1) is 8.98. The van der Waals surface area contributed by atoms with Gasteiger partial charge in [-0.2, -0.15) is 0 Å². The third kappa shape index (κ3) is 2.61. The molecule has 0 aromatic heterocycles. The number of aldehydes is 1. The average Bonchev–Trinajstić information content (AvgIpc) is 2.39. The minimum absolute atomic E-state index is 0.121. The lowest BCUT2D eigenvalue weighted by Gasteiger charge is -2.39. The van der Waals surface area contributed by atoms with Crippen LogP contribution in [0.5, 0.6) is 0 Å². The summed E-state index contributed by atoms with van der Waals surface area (Å²) in [6.45, 7) is 2.21. The van der Waals surface area contributed by atoms with Crippen molar-refractivity contribution in [3.05, 3.63) is 41.2 Å². The summed E-state index contributed by atoms with van der Waals surface area (Å²) in [6, 6.07) is 4.67. The van der Waals surface area contributed by atoms with Crippen LogP contribution in [0.3, 0.4) is 0 Å². The Morgan fingerprint density at radius 1 is 1.37 bits per heavy atom. The molecule has 19 heavy (non-hydrogen) atoms. The number of hydrogen-bond donors (Lipinski definition) is 0. The summed E-state index contributed by atoms with van der Waals surface area (Å²) in [7, 11) is 4.14. The molecule has 2 rings (SSSR count). The zero-order valence-corrected chi connectivity index (χ0v) is 11.7. The van der Waals surface area contributed by atoms with E-state index >= 15 is 0 Å². The van der Waals surface area contributed by atoms with Crippen molar-refractivity contribution in [3.63, 3.8) is 0 Å². The number of carbonyl (C=O) groups is 1. The molecule has 1 aliphatic rings. The fraction of sp³-hybridized carbons (Fsp3) is 0.438. The second-order valence-electron chi connectivity index (χ2n) is 5.65. The molecule has 0 amide bonds. The van der Waals surface area contributed by atoms with Crippen LogP contribution in [-0.4, -0.2) is 30.8 Å². The van der Waals surface area contributed by atoms with E-state index < -0.39 is 0 Å². The number of allylic oxidation sites excluding steroid dienone is 1. The van der Waals surface area contributed by atoms with Crippen molar-refractivity contribution in [1.82, 2.24) is 4.90 Å². The predicted octanol–water partition coefficient (Wildman–Crippen LogP) is 3.53. The molecule has 0 fully saturated rings.